The minimum Gasteiger partial charge on any atom is -0.483 e. The van der Waals surface area contributed by atoms with Gasteiger partial charge >= 0.3 is 0 Å². The van der Waals surface area contributed by atoms with Crippen molar-refractivity contribution in [2.75, 3.05) is 43.1 Å². The Kier molecular flexibility index (Phi) is 3.02. The van der Waals surface area contributed by atoms with Crippen molar-refractivity contribution in [2.24, 2.45) is 10.2 Å². The van der Waals surface area contributed by atoms with Crippen molar-refractivity contribution < 1.29 is 4.74 Å². The third-order valence-corrected chi connectivity index (χ3v) is 6.14. The monoisotopic (exact) mass is 339 g/mol. The van der Waals surface area contributed by atoms with Crippen molar-refractivity contribution in [1.82, 2.24) is 4.90 Å². The summed E-state index contributed by atoms with van der Waals surface area (Å²) in [5, 5.41) is 8.66. The summed E-state index contributed by atoms with van der Waals surface area (Å²) in [5.74, 6) is 1.89. The number of likely N-dealkylation sites (tertiary alicyclic amines) is 1. The Morgan fingerprint density at radius 1 is 1.20 bits per heavy atom. The highest BCUT2D eigenvalue weighted by molar-refractivity contribution is 6.10. The molecule has 0 saturated carbocycles. The topological polar surface area (TPSA) is 43.7 Å². The van der Waals surface area contributed by atoms with E-state index in [1.165, 1.54) is 11.3 Å². The molecule has 1 aromatic rings. The van der Waals surface area contributed by atoms with Crippen LogP contribution in [0.15, 0.2) is 22.3 Å². The van der Waals surface area contributed by atoms with Crippen LogP contribution < -0.4 is 14.5 Å². The minimum absolute atomic E-state index is 0.216. The van der Waals surface area contributed by atoms with E-state index in [-0.39, 0.29) is 11.6 Å². The van der Waals surface area contributed by atoms with Crippen molar-refractivity contribution in [3.63, 3.8) is 0 Å². The van der Waals surface area contributed by atoms with E-state index in [0.717, 1.165) is 49.0 Å². The average molecular weight is 339 g/mol. The van der Waals surface area contributed by atoms with E-state index >= 15 is 0 Å². The largest absolute Gasteiger partial charge is 0.483 e. The molecule has 6 heteroatoms. The average Bonchev–Trinajstić information content (AvgIpc) is 2.98. The predicted octanol–water partition coefficient (Wildman–Crippen LogP) is 2.13. The summed E-state index contributed by atoms with van der Waals surface area (Å²) in [6, 6.07) is 4.79. The van der Waals surface area contributed by atoms with Gasteiger partial charge in [-0.3, -0.25) is 0 Å². The molecule has 0 N–H and O–H groups in total. The lowest BCUT2D eigenvalue weighted by atomic mass is 9.90. The van der Waals surface area contributed by atoms with E-state index in [9.17, 15) is 0 Å². The Morgan fingerprint density at radius 2 is 2.00 bits per heavy atom. The number of benzene rings is 1. The molecule has 4 heterocycles. The highest BCUT2D eigenvalue weighted by Gasteiger charge is 2.45. The Labute approximate surface area is 148 Å². The van der Waals surface area contributed by atoms with Gasteiger partial charge in [0.15, 0.2) is 5.84 Å². The molecule has 0 aliphatic carbocycles. The van der Waals surface area contributed by atoms with E-state index in [1.54, 1.807) is 0 Å². The molecule has 4 aliphatic rings. The fraction of sp³-hybridized carbons (Fsp3) is 0.579. The normalized spacial score (nSPS) is 26.8. The van der Waals surface area contributed by atoms with Crippen LogP contribution in [-0.2, 0) is 6.42 Å². The zero-order chi connectivity index (χ0) is 17.3. The summed E-state index contributed by atoms with van der Waals surface area (Å²) in [4.78, 5) is 7.29. The molecule has 132 valence electrons. The maximum atomic E-state index is 6.01. The number of ether oxygens (including phenoxy) is 1. The predicted molar refractivity (Wildman–Crippen MR) is 101 cm³/mol. The third kappa shape index (κ3) is 2.06. The highest BCUT2D eigenvalue weighted by atomic mass is 16.5. The lowest BCUT2D eigenvalue weighted by molar-refractivity contribution is 0.107. The first-order valence-electron chi connectivity index (χ1n) is 9.12. The second-order valence-electron chi connectivity index (χ2n) is 8.11. The lowest BCUT2D eigenvalue weighted by Gasteiger charge is -2.53. The van der Waals surface area contributed by atoms with E-state index in [4.69, 9.17) is 4.74 Å². The molecular formula is C19H25N5O. The van der Waals surface area contributed by atoms with Crippen LogP contribution in [0.2, 0.25) is 0 Å². The summed E-state index contributed by atoms with van der Waals surface area (Å²) in [6.45, 7) is 10.5. The number of hydrogen-bond acceptors (Lipinski definition) is 6. The number of anilines is 2. The number of amidine groups is 1. The first kappa shape index (κ1) is 15.2. The van der Waals surface area contributed by atoms with Gasteiger partial charge in [0, 0.05) is 25.3 Å². The molecule has 0 radical (unpaired) electrons. The molecule has 6 nitrogen and oxygen atoms in total. The molecule has 0 amide bonds. The van der Waals surface area contributed by atoms with Crippen LogP contribution in [0.1, 0.15) is 26.3 Å². The van der Waals surface area contributed by atoms with Crippen molar-refractivity contribution in [2.45, 2.75) is 38.8 Å². The summed E-state index contributed by atoms with van der Waals surface area (Å²) < 4.78 is 6.01. The van der Waals surface area contributed by atoms with Gasteiger partial charge in [-0.1, -0.05) is 0 Å². The highest BCUT2D eigenvalue weighted by Crippen LogP contribution is 2.45. The second-order valence-corrected chi connectivity index (χ2v) is 8.11. The van der Waals surface area contributed by atoms with Gasteiger partial charge in [-0.15, -0.1) is 5.10 Å². The van der Waals surface area contributed by atoms with Gasteiger partial charge in [-0.2, -0.15) is 5.10 Å². The van der Waals surface area contributed by atoms with E-state index in [1.807, 2.05) is 6.92 Å². The molecule has 0 aromatic heterocycles. The fourth-order valence-electron chi connectivity index (χ4n) is 4.82. The quantitative estimate of drug-likeness (QED) is 0.786. The minimum atomic E-state index is 0.216. The smallest absolute Gasteiger partial charge is 0.170 e. The van der Waals surface area contributed by atoms with Crippen molar-refractivity contribution in [1.29, 1.82) is 0 Å². The molecule has 1 aromatic carbocycles. The summed E-state index contributed by atoms with van der Waals surface area (Å²) in [7, 11) is 2.19. The zero-order valence-electron chi connectivity index (χ0n) is 15.4. The number of hydrogen-bond donors (Lipinski definition) is 0. The second kappa shape index (κ2) is 4.97. The van der Waals surface area contributed by atoms with Gasteiger partial charge in [-0.05, 0) is 51.9 Å². The van der Waals surface area contributed by atoms with Gasteiger partial charge in [0.2, 0.25) is 0 Å². The van der Waals surface area contributed by atoms with E-state index in [0.29, 0.717) is 6.61 Å². The zero-order valence-corrected chi connectivity index (χ0v) is 15.4. The molecule has 1 fully saturated rings. The SMILES string of the molecule is CC1=NN=C2COc3cc4c(cc3N2C1C)N(C1(C)CN(C)C1)CC4. The number of likely N-dealkylation sites (N-methyl/N-ethyl adjacent to an activating group) is 1. The Morgan fingerprint density at radius 3 is 2.76 bits per heavy atom. The lowest BCUT2D eigenvalue weighted by Crippen LogP contribution is -2.67. The van der Waals surface area contributed by atoms with Crippen LogP contribution in [0, 0.1) is 0 Å². The van der Waals surface area contributed by atoms with Gasteiger partial charge in [-0.25, -0.2) is 0 Å². The van der Waals surface area contributed by atoms with Crippen molar-refractivity contribution >= 4 is 22.9 Å². The maximum absolute atomic E-state index is 6.01. The summed E-state index contributed by atoms with van der Waals surface area (Å²) in [6.07, 6.45) is 1.10. The van der Waals surface area contributed by atoms with Gasteiger partial charge in [0.1, 0.15) is 12.4 Å². The Balaban J connectivity index is 1.58. The number of nitrogens with zero attached hydrogens (tertiary/aromatic N) is 5. The van der Waals surface area contributed by atoms with Crippen molar-refractivity contribution in [3.05, 3.63) is 17.7 Å². The van der Waals surface area contributed by atoms with Crippen molar-refractivity contribution in [3.8, 4) is 5.75 Å². The van der Waals surface area contributed by atoms with Crippen LogP contribution in [0.4, 0.5) is 11.4 Å². The number of rotatable bonds is 1. The molecule has 5 rings (SSSR count). The fourth-order valence-corrected chi connectivity index (χ4v) is 4.82. The number of fused-ring (bicyclic) bond motifs is 4. The van der Waals surface area contributed by atoms with E-state index in [2.05, 4.69) is 57.9 Å². The van der Waals surface area contributed by atoms with Crippen LogP contribution in [0.5, 0.6) is 5.75 Å². The molecule has 0 spiro atoms. The molecule has 1 atom stereocenters. The first-order chi connectivity index (χ1) is 12.0. The Bertz CT molecular complexity index is 808. The van der Waals surface area contributed by atoms with Gasteiger partial charge in [0.25, 0.3) is 0 Å². The molecule has 1 saturated heterocycles. The standard InChI is InChI=1S/C19H25N5O/c1-12-13(2)24-16-8-15-14(7-17(16)25-9-18(24)21-20-12)5-6-23(15)19(3)10-22(4)11-19/h7-8,13H,5-6,9-11H2,1-4H3. The first-order valence-corrected chi connectivity index (χ1v) is 9.12. The molecule has 4 aliphatic heterocycles. The summed E-state index contributed by atoms with van der Waals surface area (Å²) in [5.41, 5.74) is 5.19. The van der Waals surface area contributed by atoms with Crippen LogP contribution in [0.3, 0.4) is 0 Å². The van der Waals surface area contributed by atoms with Crippen LogP contribution in [-0.4, -0.2) is 61.3 Å². The third-order valence-electron chi connectivity index (χ3n) is 6.14. The van der Waals surface area contributed by atoms with Gasteiger partial charge in [0.05, 0.1) is 23.0 Å². The molecule has 1 unspecified atom stereocenters. The molecular weight excluding hydrogens is 314 g/mol. The summed E-state index contributed by atoms with van der Waals surface area (Å²) >= 11 is 0. The maximum Gasteiger partial charge on any atom is 0.170 e. The Hall–Kier alpha value is -2.08. The van der Waals surface area contributed by atoms with Crippen LogP contribution in [0.25, 0.3) is 0 Å². The van der Waals surface area contributed by atoms with Crippen LogP contribution >= 0.6 is 0 Å². The van der Waals surface area contributed by atoms with Gasteiger partial charge < -0.3 is 19.4 Å². The molecule has 25 heavy (non-hydrogen) atoms. The van der Waals surface area contributed by atoms with E-state index < -0.39 is 0 Å². The molecule has 0 bridgehead atoms.